The summed E-state index contributed by atoms with van der Waals surface area (Å²) >= 11 is 1.37. The molecule has 28 heavy (non-hydrogen) atoms. The van der Waals surface area contributed by atoms with Crippen molar-refractivity contribution in [1.82, 2.24) is 19.8 Å². The minimum atomic E-state index is -0.461. The van der Waals surface area contributed by atoms with Crippen molar-refractivity contribution >= 4 is 22.9 Å². The fourth-order valence-electron chi connectivity index (χ4n) is 2.72. The maximum Gasteiger partial charge on any atom is 0.369 e. The molecule has 3 heterocycles. The second-order valence-electron chi connectivity index (χ2n) is 6.18. The third kappa shape index (κ3) is 3.65. The lowest BCUT2D eigenvalue weighted by Gasteiger charge is -2.21. The molecule has 8 nitrogen and oxygen atoms in total. The topological polar surface area (TPSA) is 86.2 Å². The van der Waals surface area contributed by atoms with Crippen LogP contribution in [0.25, 0.3) is 5.00 Å². The average Bonchev–Trinajstić information content (AvgIpc) is 3.44. The van der Waals surface area contributed by atoms with Gasteiger partial charge in [-0.15, -0.1) is 11.3 Å². The van der Waals surface area contributed by atoms with Gasteiger partial charge in [0.25, 0.3) is 0 Å². The lowest BCUT2D eigenvalue weighted by molar-refractivity contribution is -0.119. The van der Waals surface area contributed by atoms with E-state index in [9.17, 15) is 9.59 Å². The van der Waals surface area contributed by atoms with E-state index in [1.807, 2.05) is 42.6 Å². The molecule has 0 aliphatic carbocycles. The number of hydrogen-bond donors (Lipinski definition) is 0. The Balaban J connectivity index is 1.61. The molecule has 0 radical (unpaired) electrons. The van der Waals surface area contributed by atoms with Gasteiger partial charge in [-0.3, -0.25) is 4.79 Å². The first-order valence-corrected chi connectivity index (χ1v) is 9.46. The molecular formula is C19H17N5O3S. The largest absolute Gasteiger partial charge is 0.467 e. The highest BCUT2D eigenvalue weighted by Gasteiger charge is 2.20. The van der Waals surface area contributed by atoms with Crippen LogP contribution in [-0.4, -0.2) is 25.7 Å². The van der Waals surface area contributed by atoms with Crippen molar-refractivity contribution in [3.63, 3.8) is 0 Å². The van der Waals surface area contributed by atoms with Gasteiger partial charge in [0.2, 0.25) is 5.91 Å². The van der Waals surface area contributed by atoms with Crippen molar-refractivity contribution in [2.45, 2.75) is 20.0 Å². The Morgan fingerprint density at radius 2 is 1.96 bits per heavy atom. The van der Waals surface area contributed by atoms with Crippen molar-refractivity contribution < 1.29 is 9.21 Å². The van der Waals surface area contributed by atoms with Crippen LogP contribution in [0.1, 0.15) is 11.3 Å². The second-order valence-corrected chi connectivity index (χ2v) is 7.10. The number of rotatable bonds is 6. The summed E-state index contributed by atoms with van der Waals surface area (Å²) in [6.45, 7) is 2.01. The summed E-state index contributed by atoms with van der Waals surface area (Å²) in [5.41, 5.74) is 1.34. The van der Waals surface area contributed by atoms with Crippen LogP contribution in [0.4, 0.5) is 5.69 Å². The molecule has 4 rings (SSSR count). The summed E-state index contributed by atoms with van der Waals surface area (Å²) < 4.78 is 7.64. The standard InChI is InChI=1S/C19H17N5O3S/c1-14-6-8-15(9-7-14)22(12-16-4-2-10-27-16)17(25)13-23-19(26)24(21-20-23)18-5-3-11-28-18/h2-11H,12-13H2,1H3. The molecule has 9 heteroatoms. The van der Waals surface area contributed by atoms with Gasteiger partial charge in [0.15, 0.2) is 0 Å². The van der Waals surface area contributed by atoms with E-state index < -0.39 is 5.69 Å². The Bertz CT molecular complexity index is 1110. The monoisotopic (exact) mass is 395 g/mol. The number of aromatic nitrogens is 4. The van der Waals surface area contributed by atoms with E-state index in [-0.39, 0.29) is 19.0 Å². The molecule has 0 aliphatic heterocycles. The normalized spacial score (nSPS) is 10.9. The Morgan fingerprint density at radius 1 is 1.14 bits per heavy atom. The highest BCUT2D eigenvalue weighted by Crippen LogP contribution is 2.19. The van der Waals surface area contributed by atoms with E-state index in [1.54, 1.807) is 29.4 Å². The van der Waals surface area contributed by atoms with Crippen molar-refractivity contribution in [1.29, 1.82) is 0 Å². The van der Waals surface area contributed by atoms with Crippen LogP contribution in [0.2, 0.25) is 0 Å². The van der Waals surface area contributed by atoms with Crippen molar-refractivity contribution in [3.05, 3.63) is 82.0 Å². The minimum absolute atomic E-state index is 0.223. The smallest absolute Gasteiger partial charge is 0.369 e. The quantitative estimate of drug-likeness (QED) is 0.501. The number of aryl methyl sites for hydroxylation is 1. The van der Waals surface area contributed by atoms with Gasteiger partial charge in [-0.2, -0.15) is 9.36 Å². The zero-order valence-corrected chi connectivity index (χ0v) is 15.9. The molecule has 0 bridgehead atoms. The van der Waals surface area contributed by atoms with Gasteiger partial charge in [0.05, 0.1) is 12.8 Å². The SMILES string of the molecule is Cc1ccc(N(Cc2ccco2)C(=O)Cn2nnn(-c3cccs3)c2=O)cc1. The highest BCUT2D eigenvalue weighted by atomic mass is 32.1. The van der Waals surface area contributed by atoms with Gasteiger partial charge >= 0.3 is 5.69 Å². The number of furan rings is 1. The van der Waals surface area contributed by atoms with Gasteiger partial charge < -0.3 is 9.32 Å². The number of amides is 1. The van der Waals surface area contributed by atoms with Crippen molar-refractivity contribution in [2.24, 2.45) is 0 Å². The average molecular weight is 395 g/mol. The molecule has 0 unspecified atom stereocenters. The maximum atomic E-state index is 13.0. The van der Waals surface area contributed by atoms with Crippen LogP contribution in [0.5, 0.6) is 0 Å². The Labute approximate surface area is 164 Å². The third-order valence-electron chi connectivity index (χ3n) is 4.18. The van der Waals surface area contributed by atoms with Crippen LogP contribution in [0, 0.1) is 6.92 Å². The highest BCUT2D eigenvalue weighted by molar-refractivity contribution is 7.12. The van der Waals surface area contributed by atoms with Crippen LogP contribution < -0.4 is 10.6 Å². The molecule has 142 valence electrons. The lowest BCUT2D eigenvalue weighted by Crippen LogP contribution is -2.36. The fourth-order valence-corrected chi connectivity index (χ4v) is 3.39. The number of carbonyl (C=O) groups excluding carboxylic acids is 1. The number of tetrazole rings is 1. The third-order valence-corrected chi connectivity index (χ3v) is 5.02. The molecule has 4 aromatic rings. The first kappa shape index (κ1) is 17.9. The van der Waals surface area contributed by atoms with Crippen molar-refractivity contribution in [2.75, 3.05) is 4.90 Å². The zero-order valence-electron chi connectivity index (χ0n) is 15.1. The van der Waals surface area contributed by atoms with Crippen LogP contribution >= 0.6 is 11.3 Å². The van der Waals surface area contributed by atoms with Gasteiger partial charge in [-0.1, -0.05) is 17.7 Å². The summed E-state index contributed by atoms with van der Waals surface area (Å²) in [4.78, 5) is 27.1. The van der Waals surface area contributed by atoms with Crippen molar-refractivity contribution in [3.8, 4) is 5.00 Å². The van der Waals surface area contributed by atoms with Crippen LogP contribution in [-0.2, 0) is 17.9 Å². The predicted molar refractivity (Wildman–Crippen MR) is 105 cm³/mol. The van der Waals surface area contributed by atoms with E-state index >= 15 is 0 Å². The molecule has 3 aromatic heterocycles. The Hall–Kier alpha value is -3.46. The van der Waals surface area contributed by atoms with Gasteiger partial charge in [-0.25, -0.2) is 4.79 Å². The molecule has 0 aliphatic rings. The molecular weight excluding hydrogens is 378 g/mol. The van der Waals surface area contributed by atoms with Crippen LogP contribution in [0.15, 0.2) is 69.4 Å². The van der Waals surface area contributed by atoms with E-state index in [1.165, 1.54) is 16.0 Å². The predicted octanol–water partition coefficient (Wildman–Crippen LogP) is 2.63. The summed E-state index contributed by atoms with van der Waals surface area (Å²) in [5, 5.41) is 10.2. The molecule has 0 saturated carbocycles. The lowest BCUT2D eigenvalue weighted by atomic mass is 10.2. The van der Waals surface area contributed by atoms with E-state index in [0.717, 1.165) is 10.2 Å². The Morgan fingerprint density at radius 3 is 2.64 bits per heavy atom. The number of nitrogens with zero attached hydrogens (tertiary/aromatic N) is 5. The van der Waals surface area contributed by atoms with Gasteiger partial charge in [0, 0.05) is 5.69 Å². The van der Waals surface area contributed by atoms with E-state index in [2.05, 4.69) is 10.4 Å². The number of anilines is 1. The fraction of sp³-hybridized carbons (Fsp3) is 0.158. The molecule has 0 spiro atoms. The molecule has 0 N–H and O–H groups in total. The minimum Gasteiger partial charge on any atom is -0.467 e. The number of carbonyl (C=O) groups is 1. The Kier molecular flexibility index (Phi) is 4.90. The summed E-state index contributed by atoms with van der Waals surface area (Å²) in [6.07, 6.45) is 1.56. The molecule has 0 atom stereocenters. The summed E-state index contributed by atoms with van der Waals surface area (Å²) in [7, 11) is 0. The first-order valence-electron chi connectivity index (χ1n) is 8.58. The number of thiophene rings is 1. The van der Waals surface area contributed by atoms with E-state index in [0.29, 0.717) is 16.4 Å². The summed E-state index contributed by atoms with van der Waals surface area (Å²) in [5.74, 6) is 0.351. The molecule has 0 saturated heterocycles. The second kappa shape index (κ2) is 7.65. The van der Waals surface area contributed by atoms with Gasteiger partial charge in [0.1, 0.15) is 17.3 Å². The molecule has 1 amide bonds. The molecule has 1 aromatic carbocycles. The first-order chi connectivity index (χ1) is 13.6. The van der Waals surface area contributed by atoms with Crippen LogP contribution in [0.3, 0.4) is 0 Å². The summed E-state index contributed by atoms with van der Waals surface area (Å²) in [6, 6.07) is 14.7. The van der Waals surface area contributed by atoms with E-state index in [4.69, 9.17) is 4.42 Å². The molecule has 0 fully saturated rings. The number of hydrogen-bond acceptors (Lipinski definition) is 6. The number of benzene rings is 1. The van der Waals surface area contributed by atoms with Gasteiger partial charge in [-0.05, 0) is 59.1 Å². The zero-order chi connectivity index (χ0) is 19.5. The maximum absolute atomic E-state index is 13.0.